The molecule has 0 aromatic rings. The zero-order valence-corrected chi connectivity index (χ0v) is 9.27. The van der Waals surface area contributed by atoms with Gasteiger partial charge < -0.3 is 8.85 Å². The maximum absolute atomic E-state index is 5.47. The molecule has 0 amide bonds. The van der Waals surface area contributed by atoms with Crippen molar-refractivity contribution in [2.45, 2.75) is 24.2 Å². The molecule has 0 aliphatic carbocycles. The van der Waals surface area contributed by atoms with Crippen molar-refractivity contribution in [3.63, 3.8) is 0 Å². The smallest absolute Gasteiger partial charge is 0.336 e. The fourth-order valence-electron chi connectivity index (χ4n) is 1.58. The molecule has 0 aromatic heterocycles. The van der Waals surface area contributed by atoms with Crippen molar-refractivity contribution >= 4 is 18.1 Å². The van der Waals surface area contributed by atoms with Crippen LogP contribution in [0.5, 0.6) is 0 Å². The van der Waals surface area contributed by atoms with Gasteiger partial charge in [-0.2, -0.15) is 0 Å². The highest BCUT2D eigenvalue weighted by molar-refractivity contribution is 6.70. The van der Waals surface area contributed by atoms with E-state index in [2.05, 4.69) is 0 Å². The second kappa shape index (κ2) is 3.66. The lowest BCUT2D eigenvalue weighted by Crippen LogP contribution is -2.42. The zero-order chi connectivity index (χ0) is 7.45. The van der Waals surface area contributed by atoms with Crippen molar-refractivity contribution in [3.8, 4) is 0 Å². The monoisotopic (exact) mass is 176 g/mol. The van der Waals surface area contributed by atoms with Gasteiger partial charge in [0.1, 0.15) is 0 Å². The average molecular weight is 176 g/mol. The summed E-state index contributed by atoms with van der Waals surface area (Å²) in [5.41, 5.74) is 0. The van der Waals surface area contributed by atoms with Crippen LogP contribution in [0.1, 0.15) is 0 Å². The minimum Gasteiger partial charge on any atom is -0.398 e. The van der Waals surface area contributed by atoms with Crippen LogP contribution in [0, 0.1) is 0 Å². The van der Waals surface area contributed by atoms with Crippen LogP contribution < -0.4 is 0 Å². The molecule has 0 unspecified atom stereocenters. The Morgan fingerprint density at radius 2 is 1.60 bits per heavy atom. The summed E-state index contributed by atoms with van der Waals surface area (Å²) in [6.07, 6.45) is 0. The third-order valence-electron chi connectivity index (χ3n) is 2.36. The van der Waals surface area contributed by atoms with Crippen LogP contribution in [-0.4, -0.2) is 32.3 Å². The summed E-state index contributed by atoms with van der Waals surface area (Å²) in [5, 5.41) is 0. The van der Waals surface area contributed by atoms with Crippen LogP contribution in [0.25, 0.3) is 0 Å². The molecule has 4 heteroatoms. The molecule has 1 fully saturated rings. The normalized spacial score (nSPS) is 24.6. The molecular weight excluding hydrogens is 160 g/mol. The van der Waals surface area contributed by atoms with Crippen molar-refractivity contribution in [3.05, 3.63) is 0 Å². The molecule has 0 atom stereocenters. The minimum absolute atomic E-state index is 0.296. The second-order valence-corrected chi connectivity index (χ2v) is 8.64. The lowest BCUT2D eigenvalue weighted by molar-refractivity contribution is 0.243. The lowest BCUT2D eigenvalue weighted by atomic mass is 10.9. The number of rotatable bonds is 2. The molecule has 60 valence electrons. The highest BCUT2D eigenvalue weighted by atomic mass is 28.4. The third-order valence-corrected chi connectivity index (χ3v) is 9.20. The van der Waals surface area contributed by atoms with Gasteiger partial charge in [0.05, 0.1) is 0 Å². The lowest BCUT2D eigenvalue weighted by Gasteiger charge is -2.30. The van der Waals surface area contributed by atoms with E-state index in [-0.39, 0.29) is 0 Å². The summed E-state index contributed by atoms with van der Waals surface area (Å²) in [6, 6.07) is 5.39. The summed E-state index contributed by atoms with van der Waals surface area (Å²) in [6.45, 7) is 0. The number of hydrogen-bond acceptors (Lipinski definition) is 2. The van der Waals surface area contributed by atoms with Gasteiger partial charge in [0.25, 0.3) is 0 Å². The Kier molecular flexibility index (Phi) is 3.09. The average Bonchev–Trinajstić information content (AvgIpc) is 2.06. The van der Waals surface area contributed by atoms with Crippen molar-refractivity contribution < 1.29 is 8.85 Å². The van der Waals surface area contributed by atoms with Crippen LogP contribution in [0.4, 0.5) is 0 Å². The van der Waals surface area contributed by atoms with Gasteiger partial charge in [0, 0.05) is 23.7 Å². The Bertz CT molecular complexity index is 95.9. The molecule has 1 saturated heterocycles. The van der Waals surface area contributed by atoms with E-state index in [0.717, 1.165) is 0 Å². The van der Waals surface area contributed by atoms with Crippen LogP contribution >= 0.6 is 0 Å². The van der Waals surface area contributed by atoms with Gasteiger partial charge in [-0.25, -0.2) is 0 Å². The molecule has 0 N–H and O–H groups in total. The molecule has 1 aliphatic rings. The van der Waals surface area contributed by atoms with Crippen LogP contribution in [0.3, 0.4) is 0 Å². The quantitative estimate of drug-likeness (QED) is 0.578. The highest BCUT2D eigenvalue weighted by Crippen LogP contribution is 2.26. The zero-order valence-electron chi connectivity index (χ0n) is 6.85. The molecule has 1 aliphatic heterocycles. The molecule has 0 aromatic carbocycles. The van der Waals surface area contributed by atoms with Crippen molar-refractivity contribution in [1.82, 2.24) is 0 Å². The standard InChI is InChI=1S/C6H16O2Si2/c1-7-10(8-2)5-3-9-4-6-10/h3-6,9H2,1-2H3. The van der Waals surface area contributed by atoms with Gasteiger partial charge >= 0.3 is 8.56 Å². The molecule has 1 heterocycles. The van der Waals surface area contributed by atoms with E-state index in [0.29, 0.717) is 9.52 Å². The Balaban J connectivity index is 2.44. The summed E-state index contributed by atoms with van der Waals surface area (Å²) < 4.78 is 10.9. The number of hydrogen-bond donors (Lipinski definition) is 0. The molecule has 1 rings (SSSR count). The fourth-order valence-corrected chi connectivity index (χ4v) is 9.48. The van der Waals surface area contributed by atoms with Gasteiger partial charge in [0.2, 0.25) is 0 Å². The third kappa shape index (κ3) is 1.69. The topological polar surface area (TPSA) is 18.5 Å². The van der Waals surface area contributed by atoms with Crippen molar-refractivity contribution in [2.75, 3.05) is 14.2 Å². The van der Waals surface area contributed by atoms with Crippen LogP contribution in [-0.2, 0) is 8.85 Å². The van der Waals surface area contributed by atoms with E-state index in [9.17, 15) is 0 Å². The van der Waals surface area contributed by atoms with Gasteiger partial charge in [-0.1, -0.05) is 12.1 Å². The van der Waals surface area contributed by atoms with E-state index in [1.165, 1.54) is 24.2 Å². The molecule has 0 spiro atoms. The SMILES string of the molecule is CO[Si]1(OC)CC[SiH2]CC1. The van der Waals surface area contributed by atoms with E-state index in [1.54, 1.807) is 0 Å². The van der Waals surface area contributed by atoms with Crippen LogP contribution in [0.15, 0.2) is 0 Å². The maximum atomic E-state index is 5.47. The second-order valence-electron chi connectivity index (χ2n) is 2.88. The highest BCUT2D eigenvalue weighted by Gasteiger charge is 2.36. The van der Waals surface area contributed by atoms with E-state index in [4.69, 9.17) is 8.85 Å². The summed E-state index contributed by atoms with van der Waals surface area (Å²) >= 11 is 0. The fraction of sp³-hybridized carbons (Fsp3) is 1.00. The van der Waals surface area contributed by atoms with Gasteiger partial charge in [0.15, 0.2) is 0 Å². The molecule has 10 heavy (non-hydrogen) atoms. The Morgan fingerprint density at radius 1 is 1.10 bits per heavy atom. The maximum Gasteiger partial charge on any atom is 0.336 e. The molecule has 0 radical (unpaired) electrons. The Morgan fingerprint density at radius 3 is 1.90 bits per heavy atom. The predicted molar refractivity (Wildman–Crippen MR) is 47.5 cm³/mol. The van der Waals surface area contributed by atoms with Gasteiger partial charge in [-0.3, -0.25) is 0 Å². The summed E-state index contributed by atoms with van der Waals surface area (Å²) in [5.74, 6) is 0. The molecular formula is C6H16O2Si2. The molecule has 0 saturated carbocycles. The molecule has 2 nitrogen and oxygen atoms in total. The van der Waals surface area contributed by atoms with E-state index in [1.807, 2.05) is 14.2 Å². The summed E-state index contributed by atoms with van der Waals surface area (Å²) in [7, 11) is 2.32. The van der Waals surface area contributed by atoms with Crippen LogP contribution in [0.2, 0.25) is 24.2 Å². The van der Waals surface area contributed by atoms with Crippen molar-refractivity contribution in [2.24, 2.45) is 0 Å². The first-order valence-corrected chi connectivity index (χ1v) is 8.16. The van der Waals surface area contributed by atoms with Gasteiger partial charge in [-0.05, 0) is 12.1 Å². The largest absolute Gasteiger partial charge is 0.398 e. The minimum atomic E-state index is -1.60. The first kappa shape index (κ1) is 8.45. The van der Waals surface area contributed by atoms with E-state index < -0.39 is 8.56 Å². The predicted octanol–water partition coefficient (Wildman–Crippen LogP) is 0.740. The summed E-state index contributed by atoms with van der Waals surface area (Å²) in [4.78, 5) is 0. The molecule has 0 bridgehead atoms. The Hall–Kier alpha value is 0.354. The van der Waals surface area contributed by atoms with Gasteiger partial charge in [-0.15, -0.1) is 0 Å². The van der Waals surface area contributed by atoms with Crippen molar-refractivity contribution in [1.29, 1.82) is 0 Å². The Labute approximate surface area is 66.0 Å². The van der Waals surface area contributed by atoms with E-state index >= 15 is 0 Å². The first-order chi connectivity index (χ1) is 4.83. The first-order valence-electron chi connectivity index (χ1n) is 3.93.